The summed E-state index contributed by atoms with van der Waals surface area (Å²) in [7, 11) is 3.94. The molecule has 1 atom stereocenters. The Balaban J connectivity index is 1.14. The van der Waals surface area contributed by atoms with Gasteiger partial charge in [-0.1, -0.05) is 31.1 Å². The van der Waals surface area contributed by atoms with Crippen molar-refractivity contribution in [3.8, 4) is 5.75 Å². The minimum Gasteiger partial charge on any atom is -0.492 e. The summed E-state index contributed by atoms with van der Waals surface area (Å²) in [6.45, 7) is 7.30. The summed E-state index contributed by atoms with van der Waals surface area (Å²) in [6, 6.07) is 13.9. The highest BCUT2D eigenvalue weighted by Gasteiger charge is 2.35. The molecule has 3 aromatic rings. The van der Waals surface area contributed by atoms with Gasteiger partial charge in [0, 0.05) is 63.6 Å². The predicted octanol–water partition coefficient (Wildman–Crippen LogP) is 5.27. The normalized spacial score (nSPS) is 20.6. The molecule has 1 saturated heterocycles. The Hall–Kier alpha value is -4.48. The van der Waals surface area contributed by atoms with Crippen LogP contribution in [0.1, 0.15) is 59.7 Å². The lowest BCUT2D eigenvalue weighted by atomic mass is 10.1. The number of hydrogen-bond donors (Lipinski definition) is 1. The molecule has 0 bridgehead atoms. The fourth-order valence-electron chi connectivity index (χ4n) is 7.23. The van der Waals surface area contributed by atoms with E-state index in [1.54, 1.807) is 29.1 Å². The molecule has 3 aliphatic heterocycles. The van der Waals surface area contributed by atoms with Gasteiger partial charge in [0.25, 0.3) is 11.8 Å². The summed E-state index contributed by atoms with van der Waals surface area (Å²) in [5.74, 6) is 1.51. The highest BCUT2D eigenvalue weighted by molar-refractivity contribution is 6.13. The third-order valence-corrected chi connectivity index (χ3v) is 9.92. The lowest BCUT2D eigenvalue weighted by molar-refractivity contribution is 0.0771. The molecule has 1 saturated carbocycles. The number of anilines is 5. The monoisotopic (exact) mass is 636 g/mol. The van der Waals surface area contributed by atoms with Crippen LogP contribution in [0.25, 0.3) is 0 Å². The Morgan fingerprint density at radius 1 is 0.979 bits per heavy atom. The van der Waals surface area contributed by atoms with E-state index in [1.165, 1.54) is 0 Å². The molecular weight excluding hydrogens is 592 g/mol. The van der Waals surface area contributed by atoms with Crippen LogP contribution in [0.4, 0.5) is 28.8 Å². The zero-order valence-electron chi connectivity index (χ0n) is 27.6. The lowest BCUT2D eigenvalue weighted by Crippen LogP contribution is -2.50. The molecule has 11 heteroatoms. The molecule has 2 fully saturated rings. The van der Waals surface area contributed by atoms with Crippen molar-refractivity contribution >= 4 is 40.6 Å². The van der Waals surface area contributed by atoms with E-state index in [1.807, 2.05) is 49.5 Å². The third kappa shape index (κ3) is 6.17. The minimum absolute atomic E-state index is 0.0505. The van der Waals surface area contributed by atoms with E-state index in [-0.39, 0.29) is 17.9 Å². The number of fused-ring (bicyclic) bond motifs is 2. The van der Waals surface area contributed by atoms with E-state index in [0.717, 1.165) is 64.0 Å². The van der Waals surface area contributed by atoms with Crippen LogP contribution in [0.2, 0.25) is 0 Å². The first-order valence-corrected chi connectivity index (χ1v) is 16.9. The number of aromatic nitrogens is 2. The summed E-state index contributed by atoms with van der Waals surface area (Å²) in [5, 5.41) is 3.35. The van der Waals surface area contributed by atoms with Crippen molar-refractivity contribution in [1.82, 2.24) is 24.7 Å². The maximum absolute atomic E-state index is 13.6. The van der Waals surface area contributed by atoms with Gasteiger partial charge in [0.15, 0.2) is 5.82 Å². The molecule has 1 aliphatic carbocycles. The zero-order valence-corrected chi connectivity index (χ0v) is 27.6. The molecular formula is C36H44N8O3. The predicted molar refractivity (Wildman–Crippen MR) is 184 cm³/mol. The molecule has 47 heavy (non-hydrogen) atoms. The third-order valence-electron chi connectivity index (χ3n) is 9.92. The topological polar surface area (TPSA) is 97.4 Å². The summed E-state index contributed by atoms with van der Waals surface area (Å²) in [5.41, 5.74) is 3.43. The maximum Gasteiger partial charge on any atom is 0.260 e. The average Bonchev–Trinajstić information content (AvgIpc) is 3.61. The second kappa shape index (κ2) is 13.3. The van der Waals surface area contributed by atoms with Crippen molar-refractivity contribution in [3.05, 3.63) is 72.1 Å². The number of carbonyl (C=O) groups excluding carboxylic acids is 2. The summed E-state index contributed by atoms with van der Waals surface area (Å²) in [4.78, 5) is 47.3. The number of nitrogens with one attached hydrogen (secondary N) is 1. The van der Waals surface area contributed by atoms with Gasteiger partial charge < -0.3 is 29.7 Å². The van der Waals surface area contributed by atoms with Gasteiger partial charge in [-0.25, -0.2) is 4.98 Å². The van der Waals surface area contributed by atoms with Crippen LogP contribution in [0, 0.1) is 0 Å². The zero-order chi connectivity index (χ0) is 32.5. The fraction of sp³-hybridized carbons (Fsp3) is 0.444. The van der Waals surface area contributed by atoms with Crippen molar-refractivity contribution in [3.63, 3.8) is 0 Å². The van der Waals surface area contributed by atoms with E-state index < -0.39 is 0 Å². The fourth-order valence-corrected chi connectivity index (χ4v) is 7.23. The molecule has 4 heterocycles. The number of rotatable bonds is 7. The van der Waals surface area contributed by atoms with Crippen LogP contribution in [0.15, 0.2) is 60.9 Å². The Kier molecular flexibility index (Phi) is 8.83. The first-order valence-electron chi connectivity index (χ1n) is 16.9. The lowest BCUT2D eigenvalue weighted by Gasteiger charge is -2.39. The highest BCUT2D eigenvalue weighted by Crippen LogP contribution is 2.43. The summed E-state index contributed by atoms with van der Waals surface area (Å²) >= 11 is 0. The molecule has 2 aromatic carbocycles. The number of nitrogens with zero attached hydrogens (tertiary/aromatic N) is 7. The van der Waals surface area contributed by atoms with Crippen LogP contribution in [-0.2, 0) is 0 Å². The number of carbonyl (C=O) groups is 2. The van der Waals surface area contributed by atoms with Gasteiger partial charge in [-0.15, -0.1) is 0 Å². The maximum atomic E-state index is 13.6. The number of para-hydroxylation sites is 1. The highest BCUT2D eigenvalue weighted by atomic mass is 16.5. The van der Waals surface area contributed by atoms with Crippen molar-refractivity contribution < 1.29 is 14.3 Å². The van der Waals surface area contributed by atoms with Gasteiger partial charge in [-0.3, -0.25) is 14.5 Å². The van der Waals surface area contributed by atoms with Crippen molar-refractivity contribution in [1.29, 1.82) is 0 Å². The number of hydrogen-bond acceptors (Lipinski definition) is 9. The van der Waals surface area contributed by atoms with E-state index in [2.05, 4.69) is 38.1 Å². The van der Waals surface area contributed by atoms with Crippen LogP contribution in [0.5, 0.6) is 5.75 Å². The molecule has 4 aliphatic rings. The standard InChI is InChI=1S/C36H44N8O3/c1-4-47-32-23-25(34(45)43-17-15-26(16-18-43)42-21-19-40(2)20-22-42)13-14-29(32)38-36-37-24-31-33(39-36)44(27-9-5-6-10-27)30-12-8-7-11-28(30)35(46)41(31)3/h7-8,11-15,17,23-24,26-27H,4-6,9-10,16,18-22H2,1-3H3,(H,37,38,39)/t26-/m0/s1. The number of piperazine rings is 1. The van der Waals surface area contributed by atoms with E-state index in [4.69, 9.17) is 9.72 Å². The first kappa shape index (κ1) is 31.1. The van der Waals surface area contributed by atoms with Gasteiger partial charge in [0.2, 0.25) is 5.95 Å². The molecule has 0 spiro atoms. The van der Waals surface area contributed by atoms with Gasteiger partial charge in [0.05, 0.1) is 29.7 Å². The van der Waals surface area contributed by atoms with Gasteiger partial charge in [-0.05, 0) is 63.6 Å². The quantitative estimate of drug-likeness (QED) is 0.372. The van der Waals surface area contributed by atoms with Gasteiger partial charge in [-0.2, -0.15) is 4.98 Å². The van der Waals surface area contributed by atoms with Gasteiger partial charge in [0.1, 0.15) is 11.4 Å². The Morgan fingerprint density at radius 3 is 2.51 bits per heavy atom. The molecule has 0 radical (unpaired) electrons. The molecule has 2 amide bonds. The van der Waals surface area contributed by atoms with Crippen molar-refractivity contribution in [2.24, 2.45) is 0 Å². The Labute approximate surface area is 276 Å². The first-order chi connectivity index (χ1) is 22.9. The molecule has 0 unspecified atom stereocenters. The van der Waals surface area contributed by atoms with Crippen LogP contribution in [0.3, 0.4) is 0 Å². The van der Waals surface area contributed by atoms with Crippen molar-refractivity contribution in [2.75, 3.05) is 68.5 Å². The SMILES string of the molecule is CCOc1cc(C(=O)N2C=C[C@H](N3CCN(C)CC3)CC2)ccc1Nc1ncc2c(n1)N(C1CCCC1)c1ccccc1C(=O)N2C. The molecule has 1 N–H and O–H groups in total. The summed E-state index contributed by atoms with van der Waals surface area (Å²) in [6.07, 6.45) is 11.1. The van der Waals surface area contributed by atoms with E-state index in [0.29, 0.717) is 59.2 Å². The van der Waals surface area contributed by atoms with E-state index in [9.17, 15) is 9.59 Å². The smallest absolute Gasteiger partial charge is 0.260 e. The number of amides is 2. The average molecular weight is 637 g/mol. The second-order valence-corrected chi connectivity index (χ2v) is 12.9. The summed E-state index contributed by atoms with van der Waals surface area (Å²) < 4.78 is 6.02. The molecule has 246 valence electrons. The molecule has 11 nitrogen and oxygen atoms in total. The molecule has 7 rings (SSSR count). The van der Waals surface area contributed by atoms with Crippen LogP contribution in [-0.4, -0.2) is 102 Å². The van der Waals surface area contributed by atoms with Gasteiger partial charge >= 0.3 is 0 Å². The minimum atomic E-state index is -0.0797. The van der Waals surface area contributed by atoms with E-state index >= 15 is 0 Å². The molecule has 1 aromatic heterocycles. The largest absolute Gasteiger partial charge is 0.492 e. The Bertz CT molecular complexity index is 1660. The van der Waals surface area contributed by atoms with Crippen LogP contribution >= 0.6 is 0 Å². The number of benzene rings is 2. The Morgan fingerprint density at radius 2 is 1.77 bits per heavy atom. The second-order valence-electron chi connectivity index (χ2n) is 12.9. The number of ether oxygens (including phenoxy) is 1. The van der Waals surface area contributed by atoms with Crippen molar-refractivity contribution in [2.45, 2.75) is 51.1 Å². The van der Waals surface area contributed by atoms with Crippen LogP contribution < -0.4 is 19.9 Å². The number of likely N-dealkylation sites (N-methyl/N-ethyl adjacent to an activating group) is 1.